The third kappa shape index (κ3) is 6.80. The summed E-state index contributed by atoms with van der Waals surface area (Å²) < 4.78 is 5.26. The van der Waals surface area contributed by atoms with Crippen molar-refractivity contribution in [2.24, 2.45) is 0 Å². The van der Waals surface area contributed by atoms with Gasteiger partial charge in [0.25, 0.3) is 0 Å². The van der Waals surface area contributed by atoms with Crippen molar-refractivity contribution < 1.29 is 14.6 Å². The first-order chi connectivity index (χ1) is 7.30. The number of hydrogen-bond donors (Lipinski definition) is 2. The van der Waals surface area contributed by atoms with Gasteiger partial charge in [0.15, 0.2) is 0 Å². The van der Waals surface area contributed by atoms with Gasteiger partial charge in [-0.2, -0.15) is 0 Å². The fourth-order valence-corrected chi connectivity index (χ4v) is 1.37. The number of esters is 1. The molecule has 0 aromatic heterocycles. The van der Waals surface area contributed by atoms with Crippen molar-refractivity contribution in [2.75, 3.05) is 6.61 Å². The number of carbonyl (C=O) groups excluding carboxylic acids is 1. The van der Waals surface area contributed by atoms with Crippen LogP contribution in [-0.2, 0) is 9.53 Å². The molecule has 0 radical (unpaired) electrons. The van der Waals surface area contributed by atoms with E-state index in [9.17, 15) is 4.79 Å². The molecule has 2 N–H and O–H groups in total. The van der Waals surface area contributed by atoms with Crippen molar-refractivity contribution in [1.82, 2.24) is 5.32 Å². The van der Waals surface area contributed by atoms with Crippen LogP contribution in [0.25, 0.3) is 0 Å². The van der Waals surface area contributed by atoms with E-state index >= 15 is 0 Å². The number of hydrogen-bond acceptors (Lipinski definition) is 4. The Bertz CT molecular complexity index is 211. The van der Waals surface area contributed by atoms with Gasteiger partial charge >= 0.3 is 5.97 Å². The van der Waals surface area contributed by atoms with E-state index in [1.165, 1.54) is 0 Å². The molecular formula is C12H25NO3. The van der Waals surface area contributed by atoms with Crippen molar-refractivity contribution >= 4 is 5.97 Å². The van der Waals surface area contributed by atoms with Crippen LogP contribution in [0.15, 0.2) is 0 Å². The van der Waals surface area contributed by atoms with Crippen LogP contribution in [0.4, 0.5) is 0 Å². The highest BCUT2D eigenvalue weighted by Crippen LogP contribution is 2.09. The third-order valence-electron chi connectivity index (χ3n) is 2.22. The van der Waals surface area contributed by atoms with Crippen LogP contribution >= 0.6 is 0 Å². The minimum Gasteiger partial charge on any atom is -0.459 e. The molecule has 0 heterocycles. The van der Waals surface area contributed by atoms with Crippen molar-refractivity contribution in [3.8, 4) is 0 Å². The lowest BCUT2D eigenvalue weighted by molar-refractivity contribution is -0.157. The highest BCUT2D eigenvalue weighted by molar-refractivity contribution is 5.75. The van der Waals surface area contributed by atoms with Gasteiger partial charge in [-0.1, -0.05) is 6.92 Å². The molecule has 0 aromatic carbocycles. The SMILES string of the molecule is CCC(CCO)NC(C)C(=O)OC(C)(C)C. The molecule has 0 amide bonds. The van der Waals surface area contributed by atoms with E-state index in [1.807, 2.05) is 27.7 Å². The predicted molar refractivity (Wildman–Crippen MR) is 64.2 cm³/mol. The van der Waals surface area contributed by atoms with Gasteiger partial charge in [-0.25, -0.2) is 0 Å². The van der Waals surface area contributed by atoms with Gasteiger partial charge < -0.3 is 15.2 Å². The van der Waals surface area contributed by atoms with Gasteiger partial charge in [0.05, 0.1) is 0 Å². The van der Waals surface area contributed by atoms with Gasteiger partial charge in [-0.05, 0) is 40.5 Å². The number of ether oxygens (including phenoxy) is 1. The summed E-state index contributed by atoms with van der Waals surface area (Å²) in [5.41, 5.74) is -0.453. The zero-order valence-corrected chi connectivity index (χ0v) is 11.0. The Hall–Kier alpha value is -0.610. The maximum Gasteiger partial charge on any atom is 0.323 e. The third-order valence-corrected chi connectivity index (χ3v) is 2.22. The smallest absolute Gasteiger partial charge is 0.323 e. The van der Waals surface area contributed by atoms with Crippen LogP contribution in [0.1, 0.15) is 47.5 Å². The molecule has 0 saturated carbocycles. The predicted octanol–water partition coefficient (Wildman–Crippen LogP) is 1.47. The molecular weight excluding hydrogens is 206 g/mol. The molecule has 96 valence electrons. The summed E-state index contributed by atoms with van der Waals surface area (Å²) in [6.07, 6.45) is 1.54. The van der Waals surface area contributed by atoms with E-state index in [0.717, 1.165) is 6.42 Å². The van der Waals surface area contributed by atoms with E-state index < -0.39 is 5.60 Å². The van der Waals surface area contributed by atoms with Gasteiger partial charge in [0.1, 0.15) is 11.6 Å². The monoisotopic (exact) mass is 231 g/mol. The molecule has 0 rings (SSSR count). The summed E-state index contributed by atoms with van der Waals surface area (Å²) in [4.78, 5) is 11.7. The molecule has 4 heteroatoms. The minimum atomic E-state index is -0.453. The average molecular weight is 231 g/mol. The van der Waals surface area contributed by atoms with Crippen molar-refractivity contribution in [1.29, 1.82) is 0 Å². The summed E-state index contributed by atoms with van der Waals surface area (Å²) in [7, 11) is 0. The first kappa shape index (κ1) is 15.4. The van der Waals surface area contributed by atoms with Crippen LogP contribution in [0.2, 0.25) is 0 Å². The second-order valence-electron chi connectivity index (χ2n) is 5.04. The number of aliphatic hydroxyl groups excluding tert-OH is 1. The molecule has 0 aliphatic heterocycles. The zero-order valence-electron chi connectivity index (χ0n) is 11.0. The Morgan fingerprint density at radius 2 is 2.00 bits per heavy atom. The lowest BCUT2D eigenvalue weighted by atomic mass is 10.1. The quantitative estimate of drug-likeness (QED) is 0.680. The summed E-state index contributed by atoms with van der Waals surface area (Å²) in [5, 5.41) is 12.0. The average Bonchev–Trinajstić information content (AvgIpc) is 2.14. The largest absolute Gasteiger partial charge is 0.459 e. The molecule has 0 aromatic rings. The zero-order chi connectivity index (χ0) is 12.8. The highest BCUT2D eigenvalue weighted by atomic mass is 16.6. The number of carbonyl (C=O) groups is 1. The molecule has 0 fully saturated rings. The number of nitrogens with one attached hydrogen (secondary N) is 1. The van der Waals surface area contributed by atoms with Gasteiger partial charge in [0.2, 0.25) is 0 Å². The van der Waals surface area contributed by atoms with E-state index in [2.05, 4.69) is 5.32 Å². The van der Waals surface area contributed by atoms with Gasteiger partial charge in [0, 0.05) is 12.6 Å². The first-order valence-corrected chi connectivity index (χ1v) is 5.90. The Kier molecular flexibility index (Phi) is 6.60. The molecule has 0 bridgehead atoms. The lowest BCUT2D eigenvalue weighted by Gasteiger charge is -2.25. The molecule has 2 atom stereocenters. The first-order valence-electron chi connectivity index (χ1n) is 5.90. The summed E-state index contributed by atoms with van der Waals surface area (Å²) in [6, 6.07) is -0.178. The molecule has 0 saturated heterocycles. The van der Waals surface area contributed by atoms with Crippen LogP contribution in [0.3, 0.4) is 0 Å². The maximum atomic E-state index is 11.7. The molecule has 16 heavy (non-hydrogen) atoms. The Morgan fingerprint density at radius 1 is 1.44 bits per heavy atom. The molecule has 0 spiro atoms. The Balaban J connectivity index is 4.13. The maximum absolute atomic E-state index is 11.7. The van der Waals surface area contributed by atoms with E-state index in [-0.39, 0.29) is 24.7 Å². The Labute approximate surface area is 98.4 Å². The lowest BCUT2D eigenvalue weighted by Crippen LogP contribution is -2.44. The fraction of sp³-hybridized carbons (Fsp3) is 0.917. The van der Waals surface area contributed by atoms with Gasteiger partial charge in [-0.3, -0.25) is 4.79 Å². The second kappa shape index (κ2) is 6.86. The fourth-order valence-electron chi connectivity index (χ4n) is 1.37. The molecule has 2 unspecified atom stereocenters. The van der Waals surface area contributed by atoms with Crippen molar-refractivity contribution in [3.05, 3.63) is 0 Å². The van der Waals surface area contributed by atoms with Crippen molar-refractivity contribution in [2.45, 2.75) is 65.1 Å². The van der Waals surface area contributed by atoms with Gasteiger partial charge in [-0.15, -0.1) is 0 Å². The topological polar surface area (TPSA) is 58.6 Å². The minimum absolute atomic E-state index is 0.131. The van der Waals surface area contributed by atoms with E-state index in [1.54, 1.807) is 6.92 Å². The molecule has 0 aliphatic rings. The van der Waals surface area contributed by atoms with Crippen LogP contribution in [0.5, 0.6) is 0 Å². The number of rotatable bonds is 6. The summed E-state index contributed by atoms with van der Waals surface area (Å²) in [6.45, 7) is 9.49. The summed E-state index contributed by atoms with van der Waals surface area (Å²) >= 11 is 0. The normalized spacial score (nSPS) is 15.6. The van der Waals surface area contributed by atoms with Crippen LogP contribution in [-0.4, -0.2) is 35.4 Å². The second-order valence-corrected chi connectivity index (χ2v) is 5.04. The molecule has 0 aliphatic carbocycles. The highest BCUT2D eigenvalue weighted by Gasteiger charge is 2.23. The van der Waals surface area contributed by atoms with Crippen molar-refractivity contribution in [3.63, 3.8) is 0 Å². The van der Waals surface area contributed by atoms with E-state index in [0.29, 0.717) is 6.42 Å². The molecule has 4 nitrogen and oxygen atoms in total. The standard InChI is InChI=1S/C12H25NO3/c1-6-10(7-8-14)13-9(2)11(15)16-12(3,4)5/h9-10,13-14H,6-8H2,1-5H3. The van der Waals surface area contributed by atoms with Crippen LogP contribution < -0.4 is 5.32 Å². The van der Waals surface area contributed by atoms with Crippen LogP contribution in [0, 0.1) is 0 Å². The van der Waals surface area contributed by atoms with E-state index in [4.69, 9.17) is 9.84 Å². The summed E-state index contributed by atoms with van der Waals surface area (Å²) in [5.74, 6) is -0.246. The Morgan fingerprint density at radius 3 is 2.38 bits per heavy atom. The number of aliphatic hydroxyl groups is 1.